The summed E-state index contributed by atoms with van der Waals surface area (Å²) in [6, 6.07) is 8.06. The molecule has 0 saturated carbocycles. The van der Waals surface area contributed by atoms with Gasteiger partial charge in [0.15, 0.2) is 5.16 Å². The first-order chi connectivity index (χ1) is 8.25. The van der Waals surface area contributed by atoms with Gasteiger partial charge in [0.1, 0.15) is 12.1 Å². The topological polar surface area (TPSA) is 39.9 Å². The quantitative estimate of drug-likeness (QED) is 0.602. The molecule has 0 atom stereocenters. The van der Waals surface area contributed by atoms with E-state index in [9.17, 15) is 0 Å². The van der Waals surface area contributed by atoms with Crippen LogP contribution in [-0.2, 0) is 7.05 Å². The summed E-state index contributed by atoms with van der Waals surface area (Å²) in [4.78, 5) is 0. The molecule has 0 aliphatic rings. The zero-order valence-electron chi connectivity index (χ0n) is 9.96. The molecule has 0 fully saturated rings. The van der Waals surface area contributed by atoms with Crippen molar-refractivity contribution in [2.75, 3.05) is 12.4 Å². The normalized spacial score (nSPS) is 10.5. The van der Waals surface area contributed by atoms with Crippen molar-refractivity contribution in [3.05, 3.63) is 36.2 Å². The minimum atomic E-state index is 0.668. The number of rotatable bonds is 5. The average molecular weight is 249 g/mol. The number of aromatic nitrogens is 3. The number of aryl methyl sites for hydroxylation is 2. The maximum Gasteiger partial charge on any atom is 0.190 e. The third kappa shape index (κ3) is 3.49. The molecule has 0 saturated heterocycles. The molecule has 90 valence electrons. The highest BCUT2D eigenvalue weighted by atomic mass is 32.2. The van der Waals surface area contributed by atoms with E-state index in [4.69, 9.17) is 4.74 Å². The lowest BCUT2D eigenvalue weighted by Gasteiger charge is -2.06. The van der Waals surface area contributed by atoms with Crippen molar-refractivity contribution in [2.45, 2.75) is 12.1 Å². The van der Waals surface area contributed by atoms with Crippen LogP contribution in [0.3, 0.4) is 0 Å². The predicted molar refractivity (Wildman–Crippen MR) is 68.4 cm³/mol. The maximum absolute atomic E-state index is 5.65. The van der Waals surface area contributed by atoms with Crippen molar-refractivity contribution in [2.24, 2.45) is 7.05 Å². The highest BCUT2D eigenvalue weighted by molar-refractivity contribution is 7.99. The van der Waals surface area contributed by atoms with Gasteiger partial charge in [0.2, 0.25) is 0 Å². The summed E-state index contributed by atoms with van der Waals surface area (Å²) >= 11 is 1.64. The van der Waals surface area contributed by atoms with Gasteiger partial charge in [0.25, 0.3) is 0 Å². The van der Waals surface area contributed by atoms with E-state index in [2.05, 4.69) is 23.2 Å². The van der Waals surface area contributed by atoms with Gasteiger partial charge in [0.05, 0.1) is 6.61 Å². The van der Waals surface area contributed by atoms with Crippen molar-refractivity contribution >= 4 is 11.8 Å². The van der Waals surface area contributed by atoms with Gasteiger partial charge < -0.3 is 9.30 Å². The van der Waals surface area contributed by atoms with E-state index in [1.165, 1.54) is 5.56 Å². The summed E-state index contributed by atoms with van der Waals surface area (Å²) in [5.74, 6) is 1.78. The van der Waals surface area contributed by atoms with Crippen LogP contribution < -0.4 is 4.74 Å². The van der Waals surface area contributed by atoms with Gasteiger partial charge in [-0.2, -0.15) is 0 Å². The summed E-state index contributed by atoms with van der Waals surface area (Å²) in [6.07, 6.45) is 1.70. The lowest BCUT2D eigenvalue weighted by molar-refractivity contribution is 0.343. The molecule has 5 heteroatoms. The molecule has 0 N–H and O–H groups in total. The van der Waals surface area contributed by atoms with Crippen molar-refractivity contribution < 1.29 is 4.74 Å². The molecule has 17 heavy (non-hydrogen) atoms. The van der Waals surface area contributed by atoms with Crippen LogP contribution in [0.2, 0.25) is 0 Å². The minimum absolute atomic E-state index is 0.668. The molecule has 1 aromatic heterocycles. The molecule has 1 aromatic carbocycles. The van der Waals surface area contributed by atoms with E-state index in [-0.39, 0.29) is 0 Å². The lowest BCUT2D eigenvalue weighted by Crippen LogP contribution is -2.01. The zero-order chi connectivity index (χ0) is 12.1. The maximum atomic E-state index is 5.65. The van der Waals surface area contributed by atoms with Gasteiger partial charge in [-0.25, -0.2) is 0 Å². The zero-order valence-corrected chi connectivity index (χ0v) is 10.8. The molecule has 4 nitrogen and oxygen atoms in total. The molecule has 2 aromatic rings. The Morgan fingerprint density at radius 1 is 1.41 bits per heavy atom. The smallest absolute Gasteiger partial charge is 0.190 e. The summed E-state index contributed by atoms with van der Waals surface area (Å²) < 4.78 is 7.55. The van der Waals surface area contributed by atoms with Gasteiger partial charge in [-0.15, -0.1) is 10.2 Å². The Kier molecular flexibility index (Phi) is 4.03. The van der Waals surface area contributed by atoms with E-state index in [1.54, 1.807) is 18.1 Å². The molecule has 1 heterocycles. The van der Waals surface area contributed by atoms with Gasteiger partial charge in [-0.1, -0.05) is 23.9 Å². The highest BCUT2D eigenvalue weighted by Gasteiger charge is 2.01. The summed E-state index contributed by atoms with van der Waals surface area (Å²) in [5, 5.41) is 8.73. The van der Waals surface area contributed by atoms with Crippen LogP contribution in [0.25, 0.3) is 0 Å². The van der Waals surface area contributed by atoms with Gasteiger partial charge >= 0.3 is 0 Å². The molecule has 0 aliphatic heterocycles. The Morgan fingerprint density at radius 3 is 3.00 bits per heavy atom. The van der Waals surface area contributed by atoms with E-state index in [1.807, 2.05) is 29.8 Å². The summed E-state index contributed by atoms with van der Waals surface area (Å²) in [6.45, 7) is 2.72. The van der Waals surface area contributed by atoms with Crippen LogP contribution >= 0.6 is 11.8 Å². The van der Waals surface area contributed by atoms with Crippen molar-refractivity contribution in [3.63, 3.8) is 0 Å². The molecule has 0 aliphatic carbocycles. The number of hydrogen-bond donors (Lipinski definition) is 0. The van der Waals surface area contributed by atoms with Crippen LogP contribution in [-0.4, -0.2) is 27.1 Å². The second-order valence-corrected chi connectivity index (χ2v) is 4.80. The molecule has 0 spiro atoms. The molecule has 0 radical (unpaired) electrons. The summed E-state index contributed by atoms with van der Waals surface area (Å²) in [5.41, 5.74) is 1.21. The molecule has 0 unspecified atom stereocenters. The minimum Gasteiger partial charge on any atom is -0.493 e. The Bertz CT molecular complexity index is 484. The van der Waals surface area contributed by atoms with Crippen LogP contribution in [0.5, 0.6) is 5.75 Å². The second kappa shape index (κ2) is 5.72. The third-order valence-corrected chi connectivity index (χ3v) is 3.24. The van der Waals surface area contributed by atoms with Crippen LogP contribution in [0.4, 0.5) is 0 Å². The summed E-state index contributed by atoms with van der Waals surface area (Å²) in [7, 11) is 1.93. The van der Waals surface area contributed by atoms with Crippen molar-refractivity contribution in [1.29, 1.82) is 0 Å². The second-order valence-electron chi connectivity index (χ2n) is 3.74. The average Bonchev–Trinajstić information content (AvgIpc) is 2.71. The van der Waals surface area contributed by atoms with Gasteiger partial charge in [-0.05, 0) is 24.6 Å². The number of hydrogen-bond acceptors (Lipinski definition) is 4. The molecule has 2 rings (SSSR count). The fraction of sp³-hybridized carbons (Fsp3) is 0.333. The number of thioether (sulfide) groups is 1. The first kappa shape index (κ1) is 12.0. The fourth-order valence-electron chi connectivity index (χ4n) is 1.40. The van der Waals surface area contributed by atoms with E-state index >= 15 is 0 Å². The lowest BCUT2D eigenvalue weighted by atomic mass is 10.2. The number of nitrogens with zero attached hydrogens (tertiary/aromatic N) is 3. The Balaban J connectivity index is 1.75. The van der Waals surface area contributed by atoms with Crippen LogP contribution in [0.15, 0.2) is 35.7 Å². The Morgan fingerprint density at radius 2 is 2.29 bits per heavy atom. The van der Waals surface area contributed by atoms with E-state index in [0.717, 1.165) is 16.7 Å². The highest BCUT2D eigenvalue weighted by Crippen LogP contribution is 2.15. The van der Waals surface area contributed by atoms with Crippen LogP contribution in [0, 0.1) is 6.92 Å². The molecule has 0 amide bonds. The van der Waals surface area contributed by atoms with Gasteiger partial charge in [-0.3, -0.25) is 0 Å². The van der Waals surface area contributed by atoms with Crippen molar-refractivity contribution in [3.8, 4) is 5.75 Å². The Hall–Kier alpha value is -1.49. The molecule has 0 bridgehead atoms. The number of benzene rings is 1. The number of ether oxygens (including phenoxy) is 1. The van der Waals surface area contributed by atoms with Crippen molar-refractivity contribution in [1.82, 2.24) is 14.8 Å². The van der Waals surface area contributed by atoms with Gasteiger partial charge in [0, 0.05) is 12.8 Å². The molecular formula is C12H15N3OS. The fourth-order valence-corrected chi connectivity index (χ4v) is 2.11. The predicted octanol–water partition coefficient (Wildman–Crippen LogP) is 2.29. The monoisotopic (exact) mass is 249 g/mol. The van der Waals surface area contributed by atoms with Crippen LogP contribution in [0.1, 0.15) is 5.56 Å². The molecular weight excluding hydrogens is 234 g/mol. The largest absolute Gasteiger partial charge is 0.493 e. The van der Waals surface area contributed by atoms with E-state index in [0.29, 0.717) is 6.61 Å². The first-order valence-corrected chi connectivity index (χ1v) is 6.40. The Labute approximate surface area is 105 Å². The van der Waals surface area contributed by atoms with E-state index < -0.39 is 0 Å². The standard InChI is InChI=1S/C12H15N3OS/c1-10-4-3-5-11(8-10)16-6-7-17-12-14-13-9-15(12)2/h3-5,8-9H,6-7H2,1-2H3. The first-order valence-electron chi connectivity index (χ1n) is 5.42. The SMILES string of the molecule is Cc1cccc(OCCSc2nncn2C)c1. The third-order valence-electron chi connectivity index (χ3n) is 2.24.